The molecule has 0 atom stereocenters. The number of aromatic nitrogens is 2. The van der Waals surface area contributed by atoms with Crippen molar-refractivity contribution in [3.63, 3.8) is 0 Å². The molecule has 4 aromatic rings. The van der Waals surface area contributed by atoms with E-state index in [1.807, 2.05) is 31.2 Å². The molecule has 0 saturated carbocycles. The molecule has 0 saturated heterocycles. The fourth-order valence-corrected chi connectivity index (χ4v) is 2.99. The predicted octanol–water partition coefficient (Wildman–Crippen LogP) is 5.22. The molecule has 4 rings (SSSR count). The van der Waals surface area contributed by atoms with E-state index in [9.17, 15) is 22.4 Å². The first kappa shape index (κ1) is 22.1. The fourth-order valence-electron chi connectivity index (χ4n) is 2.99. The van der Waals surface area contributed by atoms with Crippen LogP contribution in [0.15, 0.2) is 59.3 Å². The highest BCUT2D eigenvalue weighted by Crippen LogP contribution is 2.27. The summed E-state index contributed by atoms with van der Waals surface area (Å²) in [7, 11) is 0. The SMILES string of the molecule is Cc1ccc(Cn2cc(NC(=O)c3ccc(COc4c(F)c(F)cc(F)c4F)o3)cn2)cc1. The molecule has 0 aliphatic rings. The second-order valence-corrected chi connectivity index (χ2v) is 7.22. The van der Waals surface area contributed by atoms with Crippen molar-refractivity contribution >= 4 is 11.6 Å². The van der Waals surface area contributed by atoms with Crippen molar-refractivity contribution in [3.8, 4) is 5.75 Å². The molecule has 6 nitrogen and oxygen atoms in total. The number of furan rings is 1. The Morgan fingerprint density at radius 1 is 1.06 bits per heavy atom. The van der Waals surface area contributed by atoms with E-state index < -0.39 is 41.5 Å². The van der Waals surface area contributed by atoms with Gasteiger partial charge in [0, 0.05) is 12.3 Å². The smallest absolute Gasteiger partial charge is 0.291 e. The largest absolute Gasteiger partial charge is 0.479 e. The van der Waals surface area contributed by atoms with Gasteiger partial charge in [-0.15, -0.1) is 0 Å². The summed E-state index contributed by atoms with van der Waals surface area (Å²) >= 11 is 0. The molecule has 0 spiro atoms. The van der Waals surface area contributed by atoms with E-state index in [2.05, 4.69) is 10.4 Å². The fraction of sp³-hybridized carbons (Fsp3) is 0.130. The van der Waals surface area contributed by atoms with Crippen molar-refractivity contribution in [1.29, 1.82) is 0 Å². The Morgan fingerprint density at radius 2 is 1.76 bits per heavy atom. The van der Waals surface area contributed by atoms with Crippen LogP contribution in [0.5, 0.6) is 5.75 Å². The lowest BCUT2D eigenvalue weighted by molar-refractivity contribution is 0.0992. The third kappa shape index (κ3) is 5.05. The Morgan fingerprint density at radius 3 is 2.45 bits per heavy atom. The van der Waals surface area contributed by atoms with Crippen LogP contribution in [0.25, 0.3) is 0 Å². The molecule has 2 heterocycles. The van der Waals surface area contributed by atoms with E-state index in [1.165, 1.54) is 18.3 Å². The number of carbonyl (C=O) groups is 1. The topological polar surface area (TPSA) is 69.3 Å². The zero-order valence-electron chi connectivity index (χ0n) is 17.2. The first-order chi connectivity index (χ1) is 15.8. The van der Waals surface area contributed by atoms with Crippen molar-refractivity contribution in [2.24, 2.45) is 0 Å². The van der Waals surface area contributed by atoms with Gasteiger partial charge in [-0.05, 0) is 24.6 Å². The Kier molecular flexibility index (Phi) is 6.16. The summed E-state index contributed by atoms with van der Waals surface area (Å²) in [6, 6.07) is 10.7. The first-order valence-electron chi connectivity index (χ1n) is 9.74. The molecule has 0 unspecified atom stereocenters. The standard InChI is InChI=1S/C23H17F4N3O3/c1-13-2-4-14(5-3-13)10-30-11-15(9-28-30)29-23(31)19-7-6-16(33-19)12-32-22-20(26)17(24)8-18(25)21(22)27/h2-9,11H,10,12H2,1H3,(H,29,31). The normalized spacial score (nSPS) is 10.9. The lowest BCUT2D eigenvalue weighted by atomic mass is 10.1. The maximum Gasteiger partial charge on any atom is 0.291 e. The highest BCUT2D eigenvalue weighted by Gasteiger charge is 2.21. The summed E-state index contributed by atoms with van der Waals surface area (Å²) in [6.07, 6.45) is 3.12. The molecule has 2 aromatic heterocycles. The van der Waals surface area contributed by atoms with Crippen LogP contribution in [-0.4, -0.2) is 15.7 Å². The number of amides is 1. The number of hydrogen-bond acceptors (Lipinski definition) is 4. The summed E-state index contributed by atoms with van der Waals surface area (Å²) in [4.78, 5) is 12.4. The van der Waals surface area contributed by atoms with Crippen molar-refractivity contribution < 1.29 is 31.5 Å². The minimum Gasteiger partial charge on any atom is -0.479 e. The number of anilines is 1. The molecule has 0 fully saturated rings. The van der Waals surface area contributed by atoms with Crippen LogP contribution in [-0.2, 0) is 13.2 Å². The molecule has 0 aliphatic carbocycles. The van der Waals surface area contributed by atoms with Crippen LogP contribution in [0.3, 0.4) is 0 Å². The Bertz CT molecular complexity index is 1270. The molecule has 10 heteroatoms. The van der Waals surface area contributed by atoms with Gasteiger partial charge < -0.3 is 14.5 Å². The van der Waals surface area contributed by atoms with Gasteiger partial charge in [-0.1, -0.05) is 29.8 Å². The molecule has 0 bridgehead atoms. The second-order valence-electron chi connectivity index (χ2n) is 7.22. The van der Waals surface area contributed by atoms with Crippen LogP contribution in [0, 0.1) is 30.2 Å². The number of aryl methyl sites for hydroxylation is 1. The maximum atomic E-state index is 13.7. The third-order valence-corrected chi connectivity index (χ3v) is 4.67. The minimum atomic E-state index is -1.67. The van der Waals surface area contributed by atoms with Crippen molar-refractivity contribution in [3.05, 3.63) is 101 Å². The lowest BCUT2D eigenvalue weighted by Gasteiger charge is -2.08. The average molecular weight is 459 g/mol. The van der Waals surface area contributed by atoms with Crippen molar-refractivity contribution in [2.75, 3.05) is 5.32 Å². The summed E-state index contributed by atoms with van der Waals surface area (Å²) in [5.74, 6) is -8.41. The highest BCUT2D eigenvalue weighted by molar-refractivity contribution is 6.02. The lowest BCUT2D eigenvalue weighted by Crippen LogP contribution is -2.10. The summed E-state index contributed by atoms with van der Waals surface area (Å²) in [6.45, 7) is 1.96. The van der Waals surface area contributed by atoms with Crippen molar-refractivity contribution in [1.82, 2.24) is 9.78 Å². The van der Waals surface area contributed by atoms with E-state index in [-0.39, 0.29) is 17.6 Å². The van der Waals surface area contributed by atoms with E-state index in [1.54, 1.807) is 10.9 Å². The minimum absolute atomic E-state index is 0.0127. The van der Waals surface area contributed by atoms with E-state index in [0.29, 0.717) is 12.2 Å². The van der Waals surface area contributed by atoms with Gasteiger partial charge in [0.15, 0.2) is 23.1 Å². The van der Waals surface area contributed by atoms with Gasteiger partial charge in [-0.25, -0.2) is 8.78 Å². The monoisotopic (exact) mass is 459 g/mol. The van der Waals surface area contributed by atoms with Gasteiger partial charge in [-0.2, -0.15) is 13.9 Å². The highest BCUT2D eigenvalue weighted by atomic mass is 19.2. The quantitative estimate of drug-likeness (QED) is 0.304. The third-order valence-electron chi connectivity index (χ3n) is 4.67. The number of benzene rings is 2. The predicted molar refractivity (Wildman–Crippen MR) is 110 cm³/mol. The molecule has 0 radical (unpaired) electrons. The van der Waals surface area contributed by atoms with E-state index in [0.717, 1.165) is 11.1 Å². The number of nitrogens with one attached hydrogen (secondary N) is 1. The molecule has 170 valence electrons. The number of halogens is 4. The van der Waals surface area contributed by atoms with Gasteiger partial charge in [0.25, 0.3) is 5.91 Å². The van der Waals surface area contributed by atoms with Gasteiger partial charge in [0.1, 0.15) is 12.4 Å². The number of nitrogens with zero attached hydrogens (tertiary/aromatic N) is 2. The summed E-state index contributed by atoms with van der Waals surface area (Å²) in [5.41, 5.74) is 2.62. The van der Waals surface area contributed by atoms with Crippen LogP contribution in [0.2, 0.25) is 0 Å². The van der Waals surface area contributed by atoms with Gasteiger partial charge >= 0.3 is 0 Å². The second kappa shape index (κ2) is 9.19. The number of ether oxygens (including phenoxy) is 1. The summed E-state index contributed by atoms with van der Waals surface area (Å²) in [5, 5.41) is 6.82. The molecule has 1 amide bonds. The Labute approximate surface area is 185 Å². The maximum absolute atomic E-state index is 13.7. The molecular formula is C23H17F4N3O3. The van der Waals surface area contributed by atoms with Gasteiger partial charge in [-0.3, -0.25) is 9.48 Å². The zero-order valence-corrected chi connectivity index (χ0v) is 17.2. The zero-order chi connectivity index (χ0) is 23.5. The van der Waals surface area contributed by atoms with Crippen LogP contribution < -0.4 is 10.1 Å². The first-order valence-corrected chi connectivity index (χ1v) is 9.74. The van der Waals surface area contributed by atoms with Gasteiger partial charge in [0.2, 0.25) is 11.6 Å². The Balaban J connectivity index is 1.37. The number of rotatable bonds is 7. The molecular weight excluding hydrogens is 442 g/mol. The molecule has 2 aromatic carbocycles. The molecule has 0 aliphatic heterocycles. The van der Waals surface area contributed by atoms with E-state index >= 15 is 0 Å². The van der Waals surface area contributed by atoms with Crippen LogP contribution in [0.1, 0.15) is 27.4 Å². The average Bonchev–Trinajstić information content (AvgIpc) is 3.44. The van der Waals surface area contributed by atoms with Gasteiger partial charge in [0.05, 0.1) is 18.4 Å². The Hall–Kier alpha value is -4.08. The molecule has 1 N–H and O–H groups in total. The number of carbonyl (C=O) groups excluding carboxylic acids is 1. The summed E-state index contributed by atoms with van der Waals surface area (Å²) < 4.78 is 65.6. The number of hydrogen-bond donors (Lipinski definition) is 1. The molecule has 33 heavy (non-hydrogen) atoms. The van der Waals surface area contributed by atoms with Crippen molar-refractivity contribution in [2.45, 2.75) is 20.1 Å². The van der Waals surface area contributed by atoms with Crippen LogP contribution in [0.4, 0.5) is 23.2 Å². The van der Waals surface area contributed by atoms with E-state index in [4.69, 9.17) is 9.15 Å². The van der Waals surface area contributed by atoms with Crippen LogP contribution >= 0.6 is 0 Å².